The van der Waals surface area contributed by atoms with Crippen LogP contribution in [0.1, 0.15) is 31.2 Å². The van der Waals surface area contributed by atoms with Crippen LogP contribution >= 0.6 is 0 Å². The van der Waals surface area contributed by atoms with Crippen molar-refractivity contribution in [2.45, 2.75) is 26.2 Å². The monoisotopic (exact) mass is 443 g/mol. The number of benzene rings is 1. The van der Waals surface area contributed by atoms with Gasteiger partial charge in [0.25, 0.3) is 5.91 Å². The summed E-state index contributed by atoms with van der Waals surface area (Å²) in [6.45, 7) is 3.19. The number of hydrogen-bond acceptors (Lipinski definition) is 8. The van der Waals surface area contributed by atoms with Gasteiger partial charge in [-0.05, 0) is 37.5 Å². The molecule has 170 valence electrons. The first-order valence-electron chi connectivity index (χ1n) is 10.0. The number of aromatic nitrogens is 2. The molecule has 0 fully saturated rings. The highest BCUT2D eigenvalue weighted by molar-refractivity contribution is 6.01. The molecule has 0 aliphatic rings. The fraction of sp³-hybridized carbons (Fsp3) is 0.381. The number of nitriles is 1. The minimum absolute atomic E-state index is 0.0424. The molecule has 0 bridgehead atoms. The third-order valence-corrected chi connectivity index (χ3v) is 4.63. The van der Waals surface area contributed by atoms with Crippen molar-refractivity contribution in [3.63, 3.8) is 0 Å². The van der Waals surface area contributed by atoms with E-state index in [9.17, 15) is 30.4 Å². The number of phenols is 2. The molecule has 0 spiro atoms. The highest BCUT2D eigenvalue weighted by Crippen LogP contribution is 2.36. The Morgan fingerprint density at radius 3 is 2.78 bits per heavy atom. The SMILES string of the molecule is CCN(CCOCCCCc1ncc[nH]1)C(=O)/C(C#N)=C/c1cc(O)c(O)c([N+](=O)[O-])c1. The average molecular weight is 443 g/mol. The maximum absolute atomic E-state index is 12.7. The van der Waals surface area contributed by atoms with Gasteiger partial charge < -0.3 is 24.8 Å². The molecule has 2 rings (SSSR count). The van der Waals surface area contributed by atoms with E-state index in [2.05, 4.69) is 9.97 Å². The molecule has 0 aliphatic carbocycles. The van der Waals surface area contributed by atoms with Crippen LogP contribution in [0.3, 0.4) is 0 Å². The Bertz CT molecular complexity index is 997. The summed E-state index contributed by atoms with van der Waals surface area (Å²) < 4.78 is 5.58. The number of ether oxygens (including phenoxy) is 1. The number of nitrogens with zero attached hydrogens (tertiary/aromatic N) is 4. The molecule has 0 aliphatic heterocycles. The van der Waals surface area contributed by atoms with Crippen molar-refractivity contribution in [1.29, 1.82) is 5.26 Å². The summed E-state index contributed by atoms with van der Waals surface area (Å²) in [5.74, 6) is -1.24. The Balaban J connectivity index is 1.91. The number of carbonyl (C=O) groups excluding carboxylic acids is 1. The van der Waals surface area contributed by atoms with E-state index < -0.39 is 28.0 Å². The predicted octanol–water partition coefficient (Wildman–Crippen LogP) is 2.52. The van der Waals surface area contributed by atoms with Gasteiger partial charge in [0.2, 0.25) is 5.75 Å². The Morgan fingerprint density at radius 2 is 2.16 bits per heavy atom. The number of phenolic OH excluding ortho intramolecular Hbond substituents is 2. The first-order valence-corrected chi connectivity index (χ1v) is 10.0. The zero-order valence-corrected chi connectivity index (χ0v) is 17.7. The molecule has 11 nitrogen and oxygen atoms in total. The van der Waals surface area contributed by atoms with Crippen LogP contribution in [0.5, 0.6) is 11.5 Å². The van der Waals surface area contributed by atoms with E-state index in [1.54, 1.807) is 25.4 Å². The Kier molecular flexibility index (Phi) is 9.19. The third-order valence-electron chi connectivity index (χ3n) is 4.63. The van der Waals surface area contributed by atoms with E-state index in [1.165, 1.54) is 4.90 Å². The number of nitro groups is 1. The normalized spacial score (nSPS) is 11.2. The van der Waals surface area contributed by atoms with Crippen molar-refractivity contribution in [2.75, 3.05) is 26.3 Å². The van der Waals surface area contributed by atoms with Gasteiger partial charge in [0.05, 0.1) is 11.5 Å². The minimum Gasteiger partial charge on any atom is -0.504 e. The van der Waals surface area contributed by atoms with Gasteiger partial charge in [-0.2, -0.15) is 5.26 Å². The van der Waals surface area contributed by atoms with Crippen LogP contribution in [0, 0.1) is 21.4 Å². The lowest BCUT2D eigenvalue weighted by Crippen LogP contribution is -2.34. The van der Waals surface area contributed by atoms with Gasteiger partial charge >= 0.3 is 5.69 Å². The number of rotatable bonds is 12. The lowest BCUT2D eigenvalue weighted by Gasteiger charge is -2.20. The van der Waals surface area contributed by atoms with Crippen LogP contribution < -0.4 is 0 Å². The zero-order chi connectivity index (χ0) is 23.5. The molecule has 3 N–H and O–H groups in total. The zero-order valence-electron chi connectivity index (χ0n) is 17.7. The smallest absolute Gasteiger partial charge is 0.315 e. The molecule has 2 aromatic rings. The lowest BCUT2D eigenvalue weighted by atomic mass is 10.1. The van der Waals surface area contributed by atoms with Gasteiger partial charge in [-0.3, -0.25) is 14.9 Å². The van der Waals surface area contributed by atoms with Crippen molar-refractivity contribution < 1.29 is 24.7 Å². The fourth-order valence-corrected chi connectivity index (χ4v) is 2.94. The van der Waals surface area contributed by atoms with E-state index in [1.807, 2.05) is 0 Å². The second kappa shape index (κ2) is 12.1. The highest BCUT2D eigenvalue weighted by atomic mass is 16.6. The van der Waals surface area contributed by atoms with Gasteiger partial charge in [-0.25, -0.2) is 4.98 Å². The number of carbonyl (C=O) groups is 1. The van der Waals surface area contributed by atoms with Gasteiger partial charge in [-0.1, -0.05) is 0 Å². The average Bonchev–Trinajstić information content (AvgIpc) is 3.29. The van der Waals surface area contributed by atoms with Crippen molar-refractivity contribution in [3.05, 3.63) is 51.6 Å². The summed E-state index contributed by atoms with van der Waals surface area (Å²) in [6.07, 6.45) is 7.20. The number of nitrogens with one attached hydrogen (secondary N) is 1. The number of imidazole rings is 1. The van der Waals surface area contributed by atoms with Crippen LogP contribution in [0.25, 0.3) is 6.08 Å². The standard InChI is InChI=1S/C21H25N5O6/c1-2-25(8-10-32-9-4-3-5-19-23-6-7-24-19)21(29)16(14-22)11-15-12-17(26(30)31)20(28)18(27)13-15/h6-7,11-13,27-28H,2-5,8-10H2,1H3,(H,23,24)/b16-11+. The second-order valence-corrected chi connectivity index (χ2v) is 6.82. The first kappa shape index (κ1) is 24.4. The predicted molar refractivity (Wildman–Crippen MR) is 115 cm³/mol. The molecule has 32 heavy (non-hydrogen) atoms. The molecule has 1 amide bonds. The number of amides is 1. The van der Waals surface area contributed by atoms with Gasteiger partial charge in [0.1, 0.15) is 17.5 Å². The number of aromatic amines is 1. The quantitative estimate of drug-likeness (QED) is 0.112. The summed E-state index contributed by atoms with van der Waals surface area (Å²) in [5, 5.41) is 39.7. The van der Waals surface area contributed by atoms with Crippen molar-refractivity contribution in [1.82, 2.24) is 14.9 Å². The maximum Gasteiger partial charge on any atom is 0.315 e. The number of likely N-dealkylation sites (N-methyl/N-ethyl adjacent to an activating group) is 1. The number of H-pyrrole nitrogens is 1. The van der Waals surface area contributed by atoms with Crippen LogP contribution in [-0.4, -0.2) is 62.2 Å². The van der Waals surface area contributed by atoms with Gasteiger partial charge in [-0.15, -0.1) is 0 Å². The largest absolute Gasteiger partial charge is 0.504 e. The Labute approximate surface area is 184 Å². The molecule has 1 aromatic heterocycles. The van der Waals surface area contributed by atoms with E-state index in [-0.39, 0.29) is 17.7 Å². The maximum atomic E-state index is 12.7. The van der Waals surface area contributed by atoms with Gasteiger partial charge in [0, 0.05) is 44.6 Å². The second-order valence-electron chi connectivity index (χ2n) is 6.82. The topological polar surface area (TPSA) is 166 Å². The summed E-state index contributed by atoms with van der Waals surface area (Å²) in [4.78, 5) is 31.4. The molecule has 11 heteroatoms. The van der Waals surface area contributed by atoms with Crippen molar-refractivity contribution in [3.8, 4) is 17.6 Å². The van der Waals surface area contributed by atoms with E-state index in [4.69, 9.17) is 4.74 Å². The minimum atomic E-state index is -0.881. The first-order chi connectivity index (χ1) is 15.4. The van der Waals surface area contributed by atoms with Crippen LogP contribution in [0.4, 0.5) is 5.69 Å². The van der Waals surface area contributed by atoms with E-state index in [0.717, 1.165) is 43.3 Å². The van der Waals surface area contributed by atoms with Crippen LogP contribution in [0.15, 0.2) is 30.1 Å². The van der Waals surface area contributed by atoms with Crippen LogP contribution in [-0.2, 0) is 16.0 Å². The molecule has 0 radical (unpaired) electrons. The van der Waals surface area contributed by atoms with Crippen LogP contribution in [0.2, 0.25) is 0 Å². The van der Waals surface area contributed by atoms with Gasteiger partial charge in [0.15, 0.2) is 5.75 Å². The molecular weight excluding hydrogens is 418 g/mol. The Hall–Kier alpha value is -3.91. The molecule has 1 heterocycles. The summed E-state index contributed by atoms with van der Waals surface area (Å²) in [7, 11) is 0. The summed E-state index contributed by atoms with van der Waals surface area (Å²) in [6, 6.07) is 3.80. The molecule has 0 unspecified atom stereocenters. The highest BCUT2D eigenvalue weighted by Gasteiger charge is 2.21. The van der Waals surface area contributed by atoms with E-state index >= 15 is 0 Å². The van der Waals surface area contributed by atoms with Crippen molar-refractivity contribution in [2.24, 2.45) is 0 Å². The molecule has 0 atom stereocenters. The molecule has 1 aromatic carbocycles. The molecule has 0 saturated carbocycles. The lowest BCUT2D eigenvalue weighted by molar-refractivity contribution is -0.386. The number of hydrogen-bond donors (Lipinski definition) is 3. The Morgan fingerprint density at radius 1 is 1.38 bits per heavy atom. The van der Waals surface area contributed by atoms with Crippen molar-refractivity contribution >= 4 is 17.7 Å². The number of aromatic hydroxyl groups is 2. The fourth-order valence-electron chi connectivity index (χ4n) is 2.94. The molecule has 0 saturated heterocycles. The molecular formula is C21H25N5O6. The third kappa shape index (κ3) is 6.82. The van der Waals surface area contributed by atoms with E-state index in [0.29, 0.717) is 19.8 Å². The number of aryl methyl sites for hydroxylation is 1. The number of unbranched alkanes of at least 4 members (excludes halogenated alkanes) is 1. The number of nitro benzene ring substituents is 1. The summed E-state index contributed by atoms with van der Waals surface area (Å²) >= 11 is 0. The summed E-state index contributed by atoms with van der Waals surface area (Å²) in [5.41, 5.74) is -0.945.